The van der Waals surface area contributed by atoms with Crippen LogP contribution in [-0.2, 0) is 13.1 Å². The van der Waals surface area contributed by atoms with E-state index >= 15 is 0 Å². The van der Waals surface area contributed by atoms with Crippen molar-refractivity contribution in [3.63, 3.8) is 0 Å². The molecule has 0 bridgehead atoms. The molecule has 1 rings (SSSR count). The fourth-order valence-electron chi connectivity index (χ4n) is 1.82. The third-order valence-corrected chi connectivity index (χ3v) is 4.15. The molecule has 0 radical (unpaired) electrons. The Morgan fingerprint density at radius 2 is 2.00 bits per heavy atom. The molecule has 0 fully saturated rings. The van der Waals surface area contributed by atoms with E-state index in [1.54, 1.807) is 6.92 Å². The van der Waals surface area contributed by atoms with Crippen LogP contribution in [0.1, 0.15) is 20.8 Å². The molecule has 20 heavy (non-hydrogen) atoms. The number of rotatable bonds is 6. The Kier molecular flexibility index (Phi) is 5.67. The second kappa shape index (κ2) is 6.83. The van der Waals surface area contributed by atoms with Gasteiger partial charge in [0.15, 0.2) is 0 Å². The first-order valence-electron chi connectivity index (χ1n) is 6.38. The van der Waals surface area contributed by atoms with Crippen molar-refractivity contribution in [1.82, 2.24) is 9.13 Å². The summed E-state index contributed by atoms with van der Waals surface area (Å²) >= 11 is 3.35. The van der Waals surface area contributed by atoms with Gasteiger partial charge in [0.1, 0.15) is 0 Å². The van der Waals surface area contributed by atoms with Crippen LogP contribution in [0.25, 0.3) is 0 Å². The van der Waals surface area contributed by atoms with Gasteiger partial charge in [-0.25, -0.2) is 4.79 Å². The van der Waals surface area contributed by atoms with Crippen LogP contribution < -0.4 is 11.2 Å². The molecule has 0 saturated carbocycles. The standard InChI is InChI=1S/C12H18BrN3O4/c1-4-14-7-10(16(19)20)11(17)15(12(14)18)6-9(5-13)8(2)3/h7-9H,4-6H2,1-3H3. The van der Waals surface area contributed by atoms with Crippen molar-refractivity contribution in [3.05, 3.63) is 37.1 Å². The van der Waals surface area contributed by atoms with Gasteiger partial charge in [0, 0.05) is 18.4 Å². The number of hydrogen-bond acceptors (Lipinski definition) is 4. The zero-order valence-electron chi connectivity index (χ0n) is 11.7. The summed E-state index contributed by atoms with van der Waals surface area (Å²) in [6, 6.07) is 0. The first-order valence-corrected chi connectivity index (χ1v) is 7.50. The van der Waals surface area contributed by atoms with Crippen molar-refractivity contribution in [2.45, 2.75) is 33.9 Å². The van der Waals surface area contributed by atoms with Gasteiger partial charge < -0.3 is 0 Å². The molecule has 1 unspecified atom stereocenters. The lowest BCUT2D eigenvalue weighted by atomic mass is 9.98. The minimum absolute atomic E-state index is 0.0488. The lowest BCUT2D eigenvalue weighted by Gasteiger charge is -2.19. The molecule has 1 atom stereocenters. The summed E-state index contributed by atoms with van der Waals surface area (Å²) in [5.41, 5.74) is -1.91. The third kappa shape index (κ3) is 3.36. The number of aromatic nitrogens is 2. The molecule has 8 heteroatoms. The van der Waals surface area contributed by atoms with Crippen LogP contribution in [0.5, 0.6) is 0 Å². The summed E-state index contributed by atoms with van der Waals surface area (Å²) in [6.07, 6.45) is 1.01. The summed E-state index contributed by atoms with van der Waals surface area (Å²) in [7, 11) is 0. The fraction of sp³-hybridized carbons (Fsp3) is 0.667. The lowest BCUT2D eigenvalue weighted by molar-refractivity contribution is -0.387. The summed E-state index contributed by atoms with van der Waals surface area (Å²) in [5, 5.41) is 11.5. The van der Waals surface area contributed by atoms with E-state index in [1.165, 1.54) is 4.57 Å². The van der Waals surface area contributed by atoms with Crippen LogP contribution in [0.3, 0.4) is 0 Å². The van der Waals surface area contributed by atoms with Gasteiger partial charge in [-0.2, -0.15) is 0 Å². The fourth-order valence-corrected chi connectivity index (χ4v) is 2.78. The first kappa shape index (κ1) is 16.6. The molecule has 0 N–H and O–H groups in total. The average Bonchev–Trinajstić information content (AvgIpc) is 2.38. The molecule has 1 heterocycles. The monoisotopic (exact) mass is 347 g/mol. The summed E-state index contributed by atoms with van der Waals surface area (Å²) in [5.74, 6) is 0.294. The number of aryl methyl sites for hydroxylation is 1. The van der Waals surface area contributed by atoms with E-state index in [2.05, 4.69) is 15.9 Å². The number of hydrogen-bond donors (Lipinski definition) is 0. The van der Waals surface area contributed by atoms with Gasteiger partial charge in [0.05, 0.1) is 11.1 Å². The molecule has 112 valence electrons. The average molecular weight is 348 g/mol. The van der Waals surface area contributed by atoms with E-state index in [9.17, 15) is 19.7 Å². The van der Waals surface area contributed by atoms with Gasteiger partial charge in [-0.1, -0.05) is 29.8 Å². The highest BCUT2D eigenvalue weighted by molar-refractivity contribution is 9.09. The van der Waals surface area contributed by atoms with E-state index in [0.717, 1.165) is 10.8 Å². The molecule has 0 amide bonds. The third-order valence-electron chi connectivity index (χ3n) is 3.31. The number of nitro groups is 1. The maximum Gasteiger partial charge on any atom is 0.350 e. The maximum absolute atomic E-state index is 12.2. The highest BCUT2D eigenvalue weighted by Crippen LogP contribution is 2.15. The maximum atomic E-state index is 12.2. The molecule has 0 aliphatic rings. The topological polar surface area (TPSA) is 87.1 Å². The Hall–Kier alpha value is -1.44. The van der Waals surface area contributed by atoms with Gasteiger partial charge in [-0.3, -0.25) is 24.0 Å². The Morgan fingerprint density at radius 1 is 1.40 bits per heavy atom. The molecular weight excluding hydrogens is 330 g/mol. The van der Waals surface area contributed by atoms with E-state index in [4.69, 9.17) is 0 Å². The Bertz CT molecular complexity index is 606. The molecule has 1 aromatic rings. The van der Waals surface area contributed by atoms with Crippen LogP contribution in [-0.4, -0.2) is 19.4 Å². The van der Waals surface area contributed by atoms with Crippen molar-refractivity contribution in [1.29, 1.82) is 0 Å². The highest BCUT2D eigenvalue weighted by atomic mass is 79.9. The molecule has 0 aromatic carbocycles. The largest absolute Gasteiger partial charge is 0.350 e. The predicted molar refractivity (Wildman–Crippen MR) is 79.4 cm³/mol. The number of halogens is 1. The predicted octanol–water partition coefficient (Wildman–Crippen LogP) is 1.61. The zero-order chi connectivity index (χ0) is 15.4. The molecule has 1 aromatic heterocycles. The quantitative estimate of drug-likeness (QED) is 0.444. The van der Waals surface area contributed by atoms with Crippen molar-refractivity contribution in [2.24, 2.45) is 11.8 Å². The van der Waals surface area contributed by atoms with Crippen LogP contribution in [0, 0.1) is 22.0 Å². The Labute approximate surface area is 124 Å². The SMILES string of the molecule is CCn1cc([N+](=O)[O-])c(=O)n(CC(CBr)C(C)C)c1=O. The molecular formula is C12H18BrN3O4. The van der Waals surface area contributed by atoms with Gasteiger partial charge in [0.25, 0.3) is 0 Å². The van der Waals surface area contributed by atoms with Crippen LogP contribution >= 0.6 is 15.9 Å². The van der Waals surface area contributed by atoms with Gasteiger partial charge in [-0.05, 0) is 18.8 Å². The van der Waals surface area contributed by atoms with Crippen molar-refractivity contribution < 1.29 is 4.92 Å². The number of alkyl halides is 1. The first-order chi connectivity index (χ1) is 9.33. The molecule has 0 spiro atoms. The van der Waals surface area contributed by atoms with Crippen molar-refractivity contribution in [3.8, 4) is 0 Å². The smallest absolute Gasteiger partial charge is 0.294 e. The van der Waals surface area contributed by atoms with Crippen molar-refractivity contribution in [2.75, 3.05) is 5.33 Å². The highest BCUT2D eigenvalue weighted by Gasteiger charge is 2.22. The van der Waals surface area contributed by atoms with E-state index in [0.29, 0.717) is 5.33 Å². The lowest BCUT2D eigenvalue weighted by Crippen LogP contribution is -2.42. The minimum atomic E-state index is -0.837. The molecule has 0 saturated heterocycles. The summed E-state index contributed by atoms with van der Waals surface area (Å²) < 4.78 is 2.15. The molecule has 0 aliphatic carbocycles. The zero-order valence-corrected chi connectivity index (χ0v) is 13.3. The normalized spacial score (nSPS) is 12.7. The number of nitrogens with zero attached hydrogens (tertiary/aromatic N) is 3. The van der Waals surface area contributed by atoms with Crippen molar-refractivity contribution >= 4 is 21.6 Å². The van der Waals surface area contributed by atoms with Gasteiger partial charge in [0.2, 0.25) is 0 Å². The minimum Gasteiger partial charge on any atom is -0.294 e. The Morgan fingerprint density at radius 3 is 2.40 bits per heavy atom. The second-order valence-corrected chi connectivity index (χ2v) is 5.56. The van der Waals surface area contributed by atoms with Crippen LogP contribution in [0.2, 0.25) is 0 Å². The van der Waals surface area contributed by atoms with Gasteiger partial charge >= 0.3 is 16.9 Å². The van der Waals surface area contributed by atoms with Crippen LogP contribution in [0.15, 0.2) is 15.8 Å². The second-order valence-electron chi connectivity index (χ2n) is 4.91. The van der Waals surface area contributed by atoms with E-state index in [-0.39, 0.29) is 24.9 Å². The Balaban J connectivity index is 3.44. The summed E-state index contributed by atoms with van der Waals surface area (Å²) in [6.45, 7) is 6.10. The van der Waals surface area contributed by atoms with Gasteiger partial charge in [-0.15, -0.1) is 0 Å². The molecule has 7 nitrogen and oxygen atoms in total. The van der Waals surface area contributed by atoms with E-state index in [1.807, 2.05) is 13.8 Å². The van der Waals surface area contributed by atoms with E-state index < -0.39 is 21.9 Å². The van der Waals surface area contributed by atoms with Crippen LogP contribution in [0.4, 0.5) is 5.69 Å². The summed E-state index contributed by atoms with van der Waals surface area (Å²) in [4.78, 5) is 34.4. The molecule has 0 aliphatic heterocycles.